The van der Waals surface area contributed by atoms with Crippen LogP contribution in [-0.2, 0) is 6.42 Å². The van der Waals surface area contributed by atoms with Crippen LogP contribution in [0, 0.1) is 6.92 Å². The lowest BCUT2D eigenvalue weighted by atomic mass is 10.2. The summed E-state index contributed by atoms with van der Waals surface area (Å²) in [5, 5.41) is 0. The molecule has 0 aromatic carbocycles. The molecule has 0 fully saturated rings. The minimum atomic E-state index is 0.405. The Morgan fingerprint density at radius 1 is 1.31 bits per heavy atom. The van der Waals surface area contributed by atoms with E-state index >= 15 is 0 Å². The summed E-state index contributed by atoms with van der Waals surface area (Å²) in [6.07, 6.45) is 1.91. The van der Waals surface area contributed by atoms with Gasteiger partial charge in [-0.25, -0.2) is 9.97 Å². The van der Waals surface area contributed by atoms with Crippen LogP contribution in [0.4, 0.5) is 11.6 Å². The third-order valence-electron chi connectivity index (χ3n) is 2.79. The first-order valence-electron chi connectivity index (χ1n) is 5.83. The molecule has 1 rings (SSSR count). The predicted molar refractivity (Wildman–Crippen MR) is 68.7 cm³/mol. The molecule has 0 saturated carbocycles. The van der Waals surface area contributed by atoms with Gasteiger partial charge in [-0.3, -0.25) is 0 Å². The average molecular weight is 222 g/mol. The van der Waals surface area contributed by atoms with Gasteiger partial charge in [-0.05, 0) is 27.2 Å². The first-order valence-corrected chi connectivity index (χ1v) is 5.83. The molecule has 0 saturated heterocycles. The van der Waals surface area contributed by atoms with E-state index in [4.69, 9.17) is 5.73 Å². The van der Waals surface area contributed by atoms with Crippen LogP contribution in [0.1, 0.15) is 38.6 Å². The second-order valence-corrected chi connectivity index (χ2v) is 4.43. The van der Waals surface area contributed by atoms with E-state index in [2.05, 4.69) is 35.6 Å². The fraction of sp³-hybridized carbons (Fsp3) is 0.667. The number of nitrogen functional groups attached to an aromatic ring is 1. The summed E-state index contributed by atoms with van der Waals surface area (Å²) >= 11 is 0. The van der Waals surface area contributed by atoms with Crippen molar-refractivity contribution in [3.05, 3.63) is 11.4 Å². The van der Waals surface area contributed by atoms with E-state index in [-0.39, 0.29) is 0 Å². The number of nitrogens with zero attached hydrogens (tertiary/aromatic N) is 3. The Bertz CT molecular complexity index is 360. The summed E-state index contributed by atoms with van der Waals surface area (Å²) in [6, 6.07) is 0.405. The molecule has 1 aromatic heterocycles. The Labute approximate surface area is 97.9 Å². The number of hydrogen-bond donors (Lipinski definition) is 1. The maximum absolute atomic E-state index is 5.91. The van der Waals surface area contributed by atoms with Crippen molar-refractivity contribution < 1.29 is 0 Å². The number of aryl methyl sites for hydroxylation is 1. The van der Waals surface area contributed by atoms with Crippen LogP contribution < -0.4 is 10.6 Å². The lowest BCUT2D eigenvalue weighted by Crippen LogP contribution is -2.28. The number of nitrogens with two attached hydrogens (primary N) is 1. The van der Waals surface area contributed by atoms with Crippen molar-refractivity contribution in [2.75, 3.05) is 17.7 Å². The van der Waals surface area contributed by atoms with Gasteiger partial charge in [0.25, 0.3) is 0 Å². The van der Waals surface area contributed by atoms with Crippen molar-refractivity contribution in [3.63, 3.8) is 0 Å². The maximum Gasteiger partial charge on any atom is 0.137 e. The second-order valence-electron chi connectivity index (χ2n) is 4.43. The fourth-order valence-electron chi connectivity index (χ4n) is 1.49. The van der Waals surface area contributed by atoms with Crippen LogP contribution in [0.5, 0.6) is 0 Å². The highest BCUT2D eigenvalue weighted by Gasteiger charge is 2.14. The Balaban J connectivity index is 3.15. The van der Waals surface area contributed by atoms with Crippen molar-refractivity contribution in [3.8, 4) is 0 Å². The smallest absolute Gasteiger partial charge is 0.137 e. The Morgan fingerprint density at radius 2 is 1.94 bits per heavy atom. The van der Waals surface area contributed by atoms with E-state index in [1.165, 1.54) is 0 Å². The molecular weight excluding hydrogens is 200 g/mol. The van der Waals surface area contributed by atoms with Crippen molar-refractivity contribution in [1.29, 1.82) is 0 Å². The van der Waals surface area contributed by atoms with E-state index in [9.17, 15) is 0 Å². The van der Waals surface area contributed by atoms with Crippen LogP contribution >= 0.6 is 0 Å². The summed E-state index contributed by atoms with van der Waals surface area (Å²) in [6.45, 7) is 8.36. The number of anilines is 2. The fourth-order valence-corrected chi connectivity index (χ4v) is 1.49. The molecule has 0 bridgehead atoms. The van der Waals surface area contributed by atoms with Crippen LogP contribution in [0.3, 0.4) is 0 Å². The highest BCUT2D eigenvalue weighted by molar-refractivity contribution is 5.56. The molecule has 16 heavy (non-hydrogen) atoms. The molecular formula is C12H22N4. The van der Waals surface area contributed by atoms with Gasteiger partial charge in [0.15, 0.2) is 0 Å². The molecule has 0 amide bonds. The summed E-state index contributed by atoms with van der Waals surface area (Å²) in [7, 11) is 2.04. The van der Waals surface area contributed by atoms with E-state index < -0.39 is 0 Å². The monoisotopic (exact) mass is 222 g/mol. The molecule has 0 radical (unpaired) electrons. The molecule has 0 unspecified atom stereocenters. The van der Waals surface area contributed by atoms with Crippen molar-refractivity contribution in [1.82, 2.24) is 9.97 Å². The summed E-state index contributed by atoms with van der Waals surface area (Å²) < 4.78 is 0. The Hall–Kier alpha value is -1.32. The van der Waals surface area contributed by atoms with Gasteiger partial charge in [-0.1, -0.05) is 6.92 Å². The zero-order chi connectivity index (χ0) is 12.3. The molecule has 0 aliphatic carbocycles. The number of aromatic nitrogens is 2. The molecule has 4 heteroatoms. The van der Waals surface area contributed by atoms with Gasteiger partial charge in [-0.15, -0.1) is 0 Å². The molecule has 90 valence electrons. The van der Waals surface area contributed by atoms with Gasteiger partial charge < -0.3 is 10.6 Å². The van der Waals surface area contributed by atoms with Gasteiger partial charge in [-0.2, -0.15) is 0 Å². The highest BCUT2D eigenvalue weighted by atomic mass is 15.2. The lowest BCUT2D eigenvalue weighted by Gasteiger charge is -2.25. The van der Waals surface area contributed by atoms with E-state index in [0.717, 1.165) is 30.0 Å². The van der Waals surface area contributed by atoms with Gasteiger partial charge >= 0.3 is 0 Å². The molecule has 4 nitrogen and oxygen atoms in total. The maximum atomic E-state index is 5.91. The third-order valence-corrected chi connectivity index (χ3v) is 2.79. The van der Waals surface area contributed by atoms with Crippen molar-refractivity contribution >= 4 is 11.6 Å². The van der Waals surface area contributed by atoms with Gasteiger partial charge in [0.2, 0.25) is 0 Å². The minimum Gasteiger partial charge on any atom is -0.383 e. The average Bonchev–Trinajstić information content (AvgIpc) is 2.22. The largest absolute Gasteiger partial charge is 0.383 e. The predicted octanol–water partition coefficient (Wildman–Crippen LogP) is 2.16. The first-order chi connectivity index (χ1) is 7.47. The highest BCUT2D eigenvalue weighted by Crippen LogP contribution is 2.22. The van der Waals surface area contributed by atoms with E-state index in [0.29, 0.717) is 11.9 Å². The number of hydrogen-bond acceptors (Lipinski definition) is 4. The van der Waals surface area contributed by atoms with Crippen LogP contribution in [0.25, 0.3) is 0 Å². The molecule has 1 heterocycles. The van der Waals surface area contributed by atoms with E-state index in [1.54, 1.807) is 0 Å². The SMILES string of the molecule is CCCc1nc(N)c(C)c(N(C)C(C)C)n1. The summed E-state index contributed by atoms with van der Waals surface area (Å²) in [4.78, 5) is 11.0. The Morgan fingerprint density at radius 3 is 2.44 bits per heavy atom. The van der Waals surface area contributed by atoms with Crippen molar-refractivity contribution in [2.45, 2.75) is 46.6 Å². The second kappa shape index (κ2) is 5.14. The van der Waals surface area contributed by atoms with Crippen LogP contribution in [0.15, 0.2) is 0 Å². The third kappa shape index (κ3) is 2.62. The van der Waals surface area contributed by atoms with Gasteiger partial charge in [0, 0.05) is 25.1 Å². The van der Waals surface area contributed by atoms with Gasteiger partial charge in [0.05, 0.1) is 0 Å². The summed E-state index contributed by atoms with van der Waals surface area (Å²) in [5.41, 5.74) is 6.88. The standard InChI is InChI=1S/C12H22N4/c1-6-7-10-14-11(13)9(4)12(15-10)16(5)8(2)3/h8H,6-7H2,1-5H3,(H2,13,14,15). The number of rotatable bonds is 4. The quantitative estimate of drug-likeness (QED) is 0.848. The van der Waals surface area contributed by atoms with E-state index in [1.807, 2.05) is 14.0 Å². The molecule has 0 atom stereocenters. The normalized spacial score (nSPS) is 10.9. The molecule has 2 N–H and O–H groups in total. The molecule has 1 aromatic rings. The topological polar surface area (TPSA) is 55.0 Å². The van der Waals surface area contributed by atoms with Crippen molar-refractivity contribution in [2.24, 2.45) is 0 Å². The zero-order valence-electron chi connectivity index (χ0n) is 10.9. The molecule has 0 aliphatic heterocycles. The molecule has 0 aliphatic rings. The lowest BCUT2D eigenvalue weighted by molar-refractivity contribution is 0.728. The van der Waals surface area contributed by atoms with Crippen LogP contribution in [0.2, 0.25) is 0 Å². The first kappa shape index (κ1) is 12.7. The van der Waals surface area contributed by atoms with Crippen LogP contribution in [-0.4, -0.2) is 23.1 Å². The Kier molecular flexibility index (Phi) is 4.10. The van der Waals surface area contributed by atoms with Gasteiger partial charge in [0.1, 0.15) is 17.5 Å². The minimum absolute atomic E-state index is 0.405. The summed E-state index contributed by atoms with van der Waals surface area (Å²) in [5.74, 6) is 2.39. The zero-order valence-corrected chi connectivity index (χ0v) is 10.9. The molecule has 0 spiro atoms.